The summed E-state index contributed by atoms with van der Waals surface area (Å²) < 4.78 is 0. The molecule has 0 bridgehead atoms. The van der Waals surface area contributed by atoms with Gasteiger partial charge in [-0.05, 0) is 37.5 Å². The highest BCUT2D eigenvalue weighted by molar-refractivity contribution is 5.98. The molecule has 0 heterocycles. The Kier molecular flexibility index (Phi) is 5.70. The van der Waals surface area contributed by atoms with Crippen molar-refractivity contribution in [1.82, 2.24) is 5.32 Å². The third-order valence-electron chi connectivity index (χ3n) is 3.90. The summed E-state index contributed by atoms with van der Waals surface area (Å²) in [5, 5.41) is 5.23. The molecule has 1 aliphatic carbocycles. The van der Waals surface area contributed by atoms with Crippen LogP contribution in [0.3, 0.4) is 0 Å². The summed E-state index contributed by atoms with van der Waals surface area (Å²) in [6.07, 6.45) is 3.43. The molecule has 7 nitrogen and oxygen atoms in total. The lowest BCUT2D eigenvalue weighted by molar-refractivity contribution is -0.121. The van der Waals surface area contributed by atoms with Crippen molar-refractivity contribution in [3.63, 3.8) is 0 Å². The second kappa shape index (κ2) is 7.73. The van der Waals surface area contributed by atoms with Crippen LogP contribution in [0, 0.1) is 5.92 Å². The quantitative estimate of drug-likeness (QED) is 0.625. The second-order valence-electron chi connectivity index (χ2n) is 5.84. The molecule has 2 atom stereocenters. The molecule has 2 rings (SSSR count). The van der Waals surface area contributed by atoms with E-state index in [1.165, 1.54) is 0 Å². The number of nitrogens with one attached hydrogen (secondary N) is 2. The molecular weight excluding hydrogens is 296 g/mol. The Bertz CT molecular complexity index is 603. The fourth-order valence-corrected chi connectivity index (χ4v) is 2.72. The van der Waals surface area contributed by atoms with E-state index in [0.717, 1.165) is 19.3 Å². The highest BCUT2D eigenvalue weighted by Crippen LogP contribution is 2.24. The van der Waals surface area contributed by atoms with Crippen molar-refractivity contribution in [1.29, 1.82) is 0 Å². The molecule has 2 unspecified atom stereocenters. The van der Waals surface area contributed by atoms with Crippen LogP contribution in [0.5, 0.6) is 0 Å². The predicted molar refractivity (Wildman–Crippen MR) is 86.5 cm³/mol. The van der Waals surface area contributed by atoms with E-state index in [1.54, 1.807) is 24.3 Å². The molecule has 1 saturated carbocycles. The summed E-state index contributed by atoms with van der Waals surface area (Å²) in [4.78, 5) is 34.9. The molecule has 0 spiro atoms. The van der Waals surface area contributed by atoms with Gasteiger partial charge < -0.3 is 22.1 Å². The number of hydrogen-bond donors (Lipinski definition) is 4. The minimum Gasteiger partial charge on any atom is -0.368 e. The molecule has 23 heavy (non-hydrogen) atoms. The Labute approximate surface area is 134 Å². The maximum Gasteiger partial charge on any atom is 0.251 e. The number of anilines is 1. The summed E-state index contributed by atoms with van der Waals surface area (Å²) in [7, 11) is 0. The molecule has 0 radical (unpaired) electrons. The third kappa shape index (κ3) is 5.07. The van der Waals surface area contributed by atoms with Crippen LogP contribution in [-0.2, 0) is 9.59 Å². The minimum atomic E-state index is -0.614. The molecule has 7 heteroatoms. The Morgan fingerprint density at radius 1 is 1.22 bits per heavy atom. The van der Waals surface area contributed by atoms with Crippen LogP contribution in [0.15, 0.2) is 24.3 Å². The molecule has 3 amide bonds. The third-order valence-corrected chi connectivity index (χ3v) is 3.90. The van der Waals surface area contributed by atoms with Gasteiger partial charge in [0.05, 0.1) is 6.54 Å². The molecule has 0 aromatic heterocycles. The summed E-state index contributed by atoms with van der Waals surface area (Å²) in [5.41, 5.74) is 11.8. The van der Waals surface area contributed by atoms with Crippen LogP contribution < -0.4 is 22.1 Å². The average Bonchev–Trinajstić information content (AvgIpc) is 2.52. The van der Waals surface area contributed by atoms with Gasteiger partial charge in [-0.25, -0.2) is 0 Å². The molecule has 6 N–H and O–H groups in total. The molecule has 0 saturated heterocycles. The van der Waals surface area contributed by atoms with Gasteiger partial charge in [0.1, 0.15) is 0 Å². The fraction of sp³-hybridized carbons (Fsp3) is 0.438. The lowest BCUT2D eigenvalue weighted by Crippen LogP contribution is -2.34. The average molecular weight is 318 g/mol. The van der Waals surface area contributed by atoms with E-state index in [1.807, 2.05) is 0 Å². The van der Waals surface area contributed by atoms with Crippen LogP contribution >= 0.6 is 0 Å². The number of carbonyl (C=O) groups is 3. The van der Waals surface area contributed by atoms with Gasteiger partial charge >= 0.3 is 0 Å². The maximum atomic E-state index is 12.3. The van der Waals surface area contributed by atoms with E-state index in [9.17, 15) is 14.4 Å². The van der Waals surface area contributed by atoms with Crippen molar-refractivity contribution in [3.05, 3.63) is 29.8 Å². The number of rotatable bonds is 5. The van der Waals surface area contributed by atoms with Gasteiger partial charge in [0.15, 0.2) is 0 Å². The van der Waals surface area contributed by atoms with Crippen molar-refractivity contribution in [2.75, 3.05) is 11.9 Å². The monoisotopic (exact) mass is 318 g/mol. The molecule has 1 aliphatic rings. The smallest absolute Gasteiger partial charge is 0.251 e. The van der Waals surface area contributed by atoms with Crippen LogP contribution in [0.2, 0.25) is 0 Å². The first-order valence-corrected chi connectivity index (χ1v) is 7.68. The molecule has 124 valence electrons. The normalized spacial score (nSPS) is 20.6. The lowest BCUT2D eigenvalue weighted by Gasteiger charge is -2.25. The molecule has 1 aromatic carbocycles. The fourth-order valence-electron chi connectivity index (χ4n) is 2.72. The highest BCUT2D eigenvalue weighted by atomic mass is 16.2. The highest BCUT2D eigenvalue weighted by Gasteiger charge is 2.25. The van der Waals surface area contributed by atoms with Gasteiger partial charge in [-0.15, -0.1) is 0 Å². The first-order valence-electron chi connectivity index (χ1n) is 7.68. The Morgan fingerprint density at radius 2 is 2.00 bits per heavy atom. The summed E-state index contributed by atoms with van der Waals surface area (Å²) in [5.74, 6) is -1.20. The molecule has 1 aromatic rings. The van der Waals surface area contributed by atoms with Crippen LogP contribution in [-0.4, -0.2) is 30.3 Å². The first kappa shape index (κ1) is 17.0. The van der Waals surface area contributed by atoms with E-state index < -0.39 is 11.8 Å². The van der Waals surface area contributed by atoms with Crippen molar-refractivity contribution >= 4 is 23.4 Å². The Hall–Kier alpha value is -2.41. The largest absolute Gasteiger partial charge is 0.368 e. The van der Waals surface area contributed by atoms with E-state index in [-0.39, 0.29) is 24.4 Å². The number of benzene rings is 1. The SMILES string of the molecule is NC(=O)CNC(=O)c1cccc(NC(=O)C2CCCC(N)C2)c1. The summed E-state index contributed by atoms with van der Waals surface area (Å²) >= 11 is 0. The molecule has 0 aliphatic heterocycles. The van der Waals surface area contributed by atoms with Crippen molar-refractivity contribution in [3.8, 4) is 0 Å². The number of carbonyl (C=O) groups excluding carboxylic acids is 3. The zero-order valence-electron chi connectivity index (χ0n) is 12.9. The van der Waals surface area contributed by atoms with E-state index in [2.05, 4.69) is 10.6 Å². The van der Waals surface area contributed by atoms with Crippen LogP contribution in [0.25, 0.3) is 0 Å². The Balaban J connectivity index is 1.97. The van der Waals surface area contributed by atoms with E-state index in [0.29, 0.717) is 17.7 Å². The minimum absolute atomic E-state index is 0.0742. The second-order valence-corrected chi connectivity index (χ2v) is 5.84. The van der Waals surface area contributed by atoms with Gasteiger partial charge in [-0.1, -0.05) is 12.5 Å². The Morgan fingerprint density at radius 3 is 2.70 bits per heavy atom. The topological polar surface area (TPSA) is 127 Å². The number of nitrogens with two attached hydrogens (primary N) is 2. The zero-order chi connectivity index (χ0) is 16.8. The van der Waals surface area contributed by atoms with Crippen LogP contribution in [0.4, 0.5) is 5.69 Å². The first-order chi connectivity index (χ1) is 11.0. The van der Waals surface area contributed by atoms with Gasteiger partial charge in [0.25, 0.3) is 5.91 Å². The predicted octanol–water partition coefficient (Wildman–Crippen LogP) is 0.358. The van der Waals surface area contributed by atoms with Gasteiger partial charge in [0.2, 0.25) is 11.8 Å². The van der Waals surface area contributed by atoms with Gasteiger partial charge in [0, 0.05) is 23.2 Å². The number of primary amides is 1. The molecular formula is C16H22N4O3. The van der Waals surface area contributed by atoms with Gasteiger partial charge in [-0.2, -0.15) is 0 Å². The lowest BCUT2D eigenvalue weighted by atomic mass is 9.85. The van der Waals surface area contributed by atoms with Crippen molar-refractivity contribution in [2.24, 2.45) is 17.4 Å². The number of amides is 3. The van der Waals surface area contributed by atoms with Crippen molar-refractivity contribution in [2.45, 2.75) is 31.7 Å². The summed E-state index contributed by atoms with van der Waals surface area (Å²) in [6.45, 7) is -0.227. The maximum absolute atomic E-state index is 12.3. The van der Waals surface area contributed by atoms with Crippen LogP contribution in [0.1, 0.15) is 36.0 Å². The summed E-state index contributed by atoms with van der Waals surface area (Å²) in [6, 6.07) is 6.62. The van der Waals surface area contributed by atoms with Gasteiger partial charge in [-0.3, -0.25) is 14.4 Å². The number of hydrogen-bond acceptors (Lipinski definition) is 4. The zero-order valence-corrected chi connectivity index (χ0v) is 12.9. The van der Waals surface area contributed by atoms with E-state index >= 15 is 0 Å². The molecule has 1 fully saturated rings. The van der Waals surface area contributed by atoms with E-state index in [4.69, 9.17) is 11.5 Å². The van der Waals surface area contributed by atoms with Crippen molar-refractivity contribution < 1.29 is 14.4 Å². The standard InChI is InChI=1S/C16H22N4O3/c17-12-5-1-3-10(7-12)16(23)20-13-6-2-4-11(8-13)15(22)19-9-14(18)21/h2,4,6,8,10,12H,1,3,5,7,9,17H2,(H2,18,21)(H,19,22)(H,20,23).